The molecule has 0 atom stereocenters. The van der Waals surface area contributed by atoms with E-state index in [1.807, 2.05) is 24.3 Å². The van der Waals surface area contributed by atoms with Gasteiger partial charge >= 0.3 is 5.69 Å². The van der Waals surface area contributed by atoms with Crippen LogP contribution >= 0.6 is 11.6 Å². The Labute approximate surface area is 165 Å². The molecule has 1 aliphatic heterocycles. The number of aromatic nitrogens is 3. The highest BCUT2D eigenvalue weighted by Crippen LogP contribution is 2.19. The number of nitrogens with zero attached hydrogens (tertiary/aromatic N) is 5. The van der Waals surface area contributed by atoms with Crippen LogP contribution in [-0.2, 0) is 6.54 Å². The molecule has 27 heavy (non-hydrogen) atoms. The van der Waals surface area contributed by atoms with E-state index < -0.39 is 0 Å². The molecule has 3 rings (SSSR count). The largest absolute Gasteiger partial charge is 0.352 e. The van der Waals surface area contributed by atoms with Crippen molar-refractivity contribution in [2.24, 2.45) is 5.41 Å². The van der Waals surface area contributed by atoms with Crippen LogP contribution in [0.2, 0.25) is 5.02 Å². The molecule has 6 nitrogen and oxygen atoms in total. The molecular weight excluding hydrogens is 362 g/mol. The summed E-state index contributed by atoms with van der Waals surface area (Å²) in [6, 6.07) is 7.44. The zero-order chi connectivity index (χ0) is 19.4. The standard InChI is InChI=1S/C20H28ClN5O/c1-20(2,3)8-9-24-10-12-25(13-11-24)18-22-15-26(19(27)23-18)14-16-4-6-17(21)7-5-16/h4-7,15H,8-14H2,1-3H3. The first-order valence-electron chi connectivity index (χ1n) is 9.45. The number of anilines is 1. The first-order chi connectivity index (χ1) is 12.8. The minimum Gasteiger partial charge on any atom is -0.338 e. The highest BCUT2D eigenvalue weighted by Gasteiger charge is 2.21. The van der Waals surface area contributed by atoms with Crippen LogP contribution in [0.25, 0.3) is 0 Å². The molecular formula is C20H28ClN5O. The lowest BCUT2D eigenvalue weighted by molar-refractivity contribution is 0.216. The maximum atomic E-state index is 12.4. The topological polar surface area (TPSA) is 54.3 Å². The summed E-state index contributed by atoms with van der Waals surface area (Å²) < 4.78 is 1.52. The molecule has 1 saturated heterocycles. The van der Waals surface area contributed by atoms with Gasteiger partial charge in [0.05, 0.1) is 6.54 Å². The van der Waals surface area contributed by atoms with Crippen LogP contribution in [0.5, 0.6) is 0 Å². The minimum absolute atomic E-state index is 0.273. The molecule has 1 fully saturated rings. The number of halogens is 1. The number of hydrogen-bond acceptors (Lipinski definition) is 5. The lowest BCUT2D eigenvalue weighted by Gasteiger charge is -2.35. The second-order valence-corrected chi connectivity index (χ2v) is 8.77. The average Bonchev–Trinajstić information content (AvgIpc) is 2.63. The van der Waals surface area contributed by atoms with Crippen molar-refractivity contribution in [2.45, 2.75) is 33.7 Å². The third kappa shape index (κ3) is 5.78. The molecule has 0 unspecified atom stereocenters. The minimum atomic E-state index is -0.273. The molecule has 1 aliphatic rings. The summed E-state index contributed by atoms with van der Waals surface area (Å²) in [5.74, 6) is 0.530. The SMILES string of the molecule is CC(C)(C)CCN1CCN(c2ncn(Cc3ccc(Cl)cc3)c(=O)n2)CC1. The summed E-state index contributed by atoms with van der Waals surface area (Å²) >= 11 is 5.90. The van der Waals surface area contributed by atoms with Crippen molar-refractivity contribution in [3.05, 3.63) is 51.7 Å². The second kappa shape index (κ2) is 8.40. The highest BCUT2D eigenvalue weighted by molar-refractivity contribution is 6.30. The molecule has 2 aromatic rings. The molecule has 7 heteroatoms. The summed E-state index contributed by atoms with van der Waals surface area (Å²) in [6.07, 6.45) is 2.77. The van der Waals surface area contributed by atoms with Gasteiger partial charge in [-0.25, -0.2) is 9.78 Å². The third-order valence-electron chi connectivity index (χ3n) is 4.85. The average molecular weight is 390 g/mol. The van der Waals surface area contributed by atoms with E-state index in [-0.39, 0.29) is 5.69 Å². The van der Waals surface area contributed by atoms with Crippen molar-refractivity contribution in [1.29, 1.82) is 0 Å². The molecule has 0 amide bonds. The molecule has 0 saturated carbocycles. The Morgan fingerprint density at radius 1 is 1.07 bits per heavy atom. The lowest BCUT2D eigenvalue weighted by Crippen LogP contribution is -2.48. The van der Waals surface area contributed by atoms with Gasteiger partial charge in [-0.2, -0.15) is 4.98 Å². The Morgan fingerprint density at radius 2 is 1.74 bits per heavy atom. The molecule has 1 aromatic carbocycles. The summed E-state index contributed by atoms with van der Waals surface area (Å²) in [7, 11) is 0. The van der Waals surface area contributed by atoms with Crippen LogP contribution in [0.1, 0.15) is 32.8 Å². The van der Waals surface area contributed by atoms with Crippen LogP contribution in [0, 0.1) is 5.41 Å². The first-order valence-corrected chi connectivity index (χ1v) is 9.83. The van der Waals surface area contributed by atoms with Gasteiger partial charge in [-0.3, -0.25) is 9.47 Å². The normalized spacial score (nSPS) is 15.9. The van der Waals surface area contributed by atoms with Crippen molar-refractivity contribution in [1.82, 2.24) is 19.4 Å². The van der Waals surface area contributed by atoms with Crippen molar-refractivity contribution >= 4 is 17.5 Å². The van der Waals surface area contributed by atoms with E-state index in [1.165, 1.54) is 11.0 Å². The Balaban J connectivity index is 1.58. The van der Waals surface area contributed by atoms with Crippen molar-refractivity contribution in [3.8, 4) is 0 Å². The predicted molar refractivity (Wildman–Crippen MR) is 110 cm³/mol. The highest BCUT2D eigenvalue weighted by atomic mass is 35.5. The van der Waals surface area contributed by atoms with Crippen molar-refractivity contribution in [2.75, 3.05) is 37.6 Å². The molecule has 1 aromatic heterocycles. The van der Waals surface area contributed by atoms with Gasteiger partial charge in [0.25, 0.3) is 0 Å². The Bertz CT molecular complexity index is 804. The molecule has 0 aliphatic carbocycles. The van der Waals surface area contributed by atoms with E-state index in [1.54, 1.807) is 6.33 Å². The summed E-state index contributed by atoms with van der Waals surface area (Å²) in [5.41, 5.74) is 1.07. The first kappa shape index (κ1) is 19.8. The number of piperazine rings is 1. The van der Waals surface area contributed by atoms with Crippen molar-refractivity contribution < 1.29 is 0 Å². The zero-order valence-electron chi connectivity index (χ0n) is 16.4. The monoisotopic (exact) mass is 389 g/mol. The fourth-order valence-corrected chi connectivity index (χ4v) is 3.19. The molecule has 0 radical (unpaired) electrons. The predicted octanol–water partition coefficient (Wildman–Crippen LogP) is 2.90. The van der Waals surface area contributed by atoms with E-state index in [2.05, 4.69) is 40.5 Å². The van der Waals surface area contributed by atoms with Gasteiger partial charge in [-0.05, 0) is 36.1 Å². The molecule has 0 N–H and O–H groups in total. The van der Waals surface area contributed by atoms with Gasteiger partial charge in [-0.15, -0.1) is 0 Å². The third-order valence-corrected chi connectivity index (χ3v) is 5.11. The van der Waals surface area contributed by atoms with Crippen LogP contribution in [0.15, 0.2) is 35.4 Å². The van der Waals surface area contributed by atoms with Crippen LogP contribution in [0.4, 0.5) is 5.95 Å². The van der Waals surface area contributed by atoms with E-state index in [0.717, 1.165) is 38.3 Å². The van der Waals surface area contributed by atoms with Crippen molar-refractivity contribution in [3.63, 3.8) is 0 Å². The Morgan fingerprint density at radius 3 is 2.33 bits per heavy atom. The van der Waals surface area contributed by atoms with Crippen LogP contribution in [-0.4, -0.2) is 52.2 Å². The van der Waals surface area contributed by atoms with Crippen LogP contribution in [0.3, 0.4) is 0 Å². The fourth-order valence-electron chi connectivity index (χ4n) is 3.06. The fraction of sp³-hybridized carbons (Fsp3) is 0.550. The van der Waals surface area contributed by atoms with E-state index in [0.29, 0.717) is 22.9 Å². The molecule has 0 spiro atoms. The Hall–Kier alpha value is -1.92. The smallest absolute Gasteiger partial charge is 0.338 e. The summed E-state index contributed by atoms with van der Waals surface area (Å²) in [5, 5.41) is 0.680. The maximum Gasteiger partial charge on any atom is 0.352 e. The van der Waals surface area contributed by atoms with E-state index in [4.69, 9.17) is 11.6 Å². The van der Waals surface area contributed by atoms with Gasteiger partial charge in [0.1, 0.15) is 6.33 Å². The molecule has 0 bridgehead atoms. The van der Waals surface area contributed by atoms with Gasteiger partial charge in [0, 0.05) is 31.2 Å². The van der Waals surface area contributed by atoms with Crippen LogP contribution < -0.4 is 10.6 Å². The lowest BCUT2D eigenvalue weighted by atomic mass is 9.92. The van der Waals surface area contributed by atoms with E-state index in [9.17, 15) is 4.79 Å². The molecule has 146 valence electrons. The summed E-state index contributed by atoms with van der Waals surface area (Å²) in [4.78, 5) is 25.6. The second-order valence-electron chi connectivity index (χ2n) is 8.33. The number of benzene rings is 1. The number of hydrogen-bond donors (Lipinski definition) is 0. The zero-order valence-corrected chi connectivity index (χ0v) is 17.1. The summed E-state index contributed by atoms with van der Waals surface area (Å²) in [6.45, 7) is 12.0. The quantitative estimate of drug-likeness (QED) is 0.787. The van der Waals surface area contributed by atoms with E-state index >= 15 is 0 Å². The Kier molecular flexibility index (Phi) is 6.17. The van der Waals surface area contributed by atoms with Gasteiger partial charge < -0.3 is 4.90 Å². The van der Waals surface area contributed by atoms with Gasteiger partial charge in [-0.1, -0.05) is 44.5 Å². The maximum absolute atomic E-state index is 12.4. The molecule has 2 heterocycles. The van der Waals surface area contributed by atoms with Gasteiger partial charge in [0.15, 0.2) is 0 Å². The number of rotatable bonds is 5. The van der Waals surface area contributed by atoms with Gasteiger partial charge in [0.2, 0.25) is 5.95 Å².